The van der Waals surface area contributed by atoms with E-state index in [0.29, 0.717) is 17.2 Å². The van der Waals surface area contributed by atoms with Crippen molar-refractivity contribution in [3.05, 3.63) is 59.7 Å². The lowest BCUT2D eigenvalue weighted by molar-refractivity contribution is 0.602. The zero-order valence-corrected chi connectivity index (χ0v) is 10.1. The quantitative estimate of drug-likeness (QED) is 0.845. The molecule has 88 valence electrons. The summed E-state index contributed by atoms with van der Waals surface area (Å²) in [7, 11) is 0. The topological polar surface area (TPSA) is 38.9 Å². The van der Waals surface area contributed by atoms with E-state index < -0.39 is 0 Å². The molecule has 0 saturated carbocycles. The van der Waals surface area contributed by atoms with Crippen molar-refractivity contribution in [1.82, 2.24) is 4.98 Å². The van der Waals surface area contributed by atoms with Crippen LogP contribution in [0.15, 0.2) is 47.5 Å². The Morgan fingerprint density at radius 3 is 2.76 bits per heavy atom. The monoisotopic (exact) mass is 248 g/mol. The average Bonchev–Trinajstić information content (AvgIpc) is 2.38. The lowest BCUT2D eigenvalue weighted by Gasteiger charge is -2.06. The van der Waals surface area contributed by atoms with Gasteiger partial charge in [0.15, 0.2) is 0 Å². The van der Waals surface area contributed by atoms with Crippen LogP contribution < -0.4 is 5.73 Å². The first-order valence-corrected chi connectivity index (χ1v) is 6.30. The molecule has 0 aliphatic carbocycles. The first kappa shape index (κ1) is 12.1. The van der Waals surface area contributed by atoms with Crippen molar-refractivity contribution in [3.63, 3.8) is 0 Å². The van der Waals surface area contributed by atoms with Crippen LogP contribution in [0.4, 0.5) is 4.39 Å². The van der Waals surface area contributed by atoms with Crippen molar-refractivity contribution in [3.8, 4) is 0 Å². The van der Waals surface area contributed by atoms with Gasteiger partial charge in [0, 0.05) is 23.4 Å². The molecule has 0 unspecified atom stereocenters. The summed E-state index contributed by atoms with van der Waals surface area (Å²) in [5.41, 5.74) is 7.53. The Morgan fingerprint density at radius 1 is 1.18 bits per heavy atom. The van der Waals surface area contributed by atoms with Crippen LogP contribution in [0.1, 0.15) is 11.3 Å². The lowest BCUT2D eigenvalue weighted by Crippen LogP contribution is -2.03. The lowest BCUT2D eigenvalue weighted by atomic mass is 10.2. The number of hydrogen-bond donors (Lipinski definition) is 1. The van der Waals surface area contributed by atoms with E-state index in [1.54, 1.807) is 18.3 Å². The molecule has 2 aromatic rings. The summed E-state index contributed by atoms with van der Waals surface area (Å²) < 4.78 is 13.4. The van der Waals surface area contributed by atoms with Crippen molar-refractivity contribution in [2.45, 2.75) is 17.2 Å². The van der Waals surface area contributed by atoms with Crippen LogP contribution in [0.3, 0.4) is 0 Å². The molecule has 2 rings (SSSR count). The van der Waals surface area contributed by atoms with Crippen LogP contribution in [-0.2, 0) is 12.3 Å². The molecule has 0 aliphatic heterocycles. The molecule has 0 saturated heterocycles. The van der Waals surface area contributed by atoms with Crippen LogP contribution in [-0.4, -0.2) is 4.98 Å². The van der Waals surface area contributed by atoms with E-state index in [1.807, 2.05) is 18.2 Å². The van der Waals surface area contributed by atoms with Gasteiger partial charge in [-0.2, -0.15) is 0 Å². The van der Waals surface area contributed by atoms with Crippen molar-refractivity contribution >= 4 is 11.8 Å². The minimum absolute atomic E-state index is 0.185. The van der Waals surface area contributed by atoms with Crippen LogP contribution in [0, 0.1) is 5.82 Å². The fourth-order valence-corrected chi connectivity index (χ4v) is 2.46. The Bertz CT molecular complexity index is 502. The maximum atomic E-state index is 13.4. The number of rotatable bonds is 4. The molecule has 1 heterocycles. The molecule has 4 heteroatoms. The number of benzene rings is 1. The summed E-state index contributed by atoms with van der Waals surface area (Å²) in [5, 5.41) is 0. The van der Waals surface area contributed by atoms with Gasteiger partial charge in [-0.3, -0.25) is 4.98 Å². The van der Waals surface area contributed by atoms with Crippen LogP contribution in [0.25, 0.3) is 0 Å². The molecule has 1 aromatic carbocycles. The maximum Gasteiger partial charge on any atom is 0.136 e. The van der Waals surface area contributed by atoms with Crippen molar-refractivity contribution < 1.29 is 4.39 Å². The van der Waals surface area contributed by atoms with Gasteiger partial charge in [-0.25, -0.2) is 4.39 Å². The Balaban J connectivity index is 2.10. The molecular formula is C13H13FN2S. The van der Waals surface area contributed by atoms with Gasteiger partial charge < -0.3 is 5.73 Å². The number of halogens is 1. The first-order valence-electron chi connectivity index (χ1n) is 5.31. The Morgan fingerprint density at radius 2 is 2.00 bits per heavy atom. The van der Waals surface area contributed by atoms with Gasteiger partial charge in [-0.1, -0.05) is 18.2 Å². The summed E-state index contributed by atoms with van der Waals surface area (Å²) in [5.74, 6) is 0.497. The highest BCUT2D eigenvalue weighted by Gasteiger charge is 2.05. The van der Waals surface area contributed by atoms with E-state index in [2.05, 4.69) is 4.98 Å². The molecule has 0 aliphatic rings. The molecule has 17 heavy (non-hydrogen) atoms. The summed E-state index contributed by atoms with van der Waals surface area (Å²) >= 11 is 1.46. The van der Waals surface area contributed by atoms with Crippen molar-refractivity contribution in [2.75, 3.05) is 0 Å². The summed E-state index contributed by atoms with van der Waals surface area (Å²) in [6.45, 7) is 0.411. The van der Waals surface area contributed by atoms with Gasteiger partial charge in [0.25, 0.3) is 0 Å². The number of nitrogens with two attached hydrogens (primary N) is 1. The summed E-state index contributed by atoms with van der Waals surface area (Å²) in [6.07, 6.45) is 1.72. The third-order valence-corrected chi connectivity index (χ3v) is 3.50. The molecule has 0 radical (unpaired) electrons. The van der Waals surface area contributed by atoms with Crippen molar-refractivity contribution in [1.29, 1.82) is 0 Å². The fourth-order valence-electron chi connectivity index (χ4n) is 1.50. The first-order chi connectivity index (χ1) is 8.31. The molecule has 2 nitrogen and oxygen atoms in total. The molecule has 0 amide bonds. The zero-order valence-electron chi connectivity index (χ0n) is 9.27. The number of pyridine rings is 1. The molecule has 0 spiro atoms. The highest BCUT2D eigenvalue weighted by atomic mass is 32.2. The van der Waals surface area contributed by atoms with Gasteiger partial charge in [0.05, 0.1) is 5.69 Å². The number of aromatic nitrogens is 1. The second-order valence-corrected chi connectivity index (χ2v) is 4.55. The van der Waals surface area contributed by atoms with Gasteiger partial charge in [0.1, 0.15) is 5.82 Å². The smallest absolute Gasteiger partial charge is 0.136 e. The standard InChI is InChI=1S/C13H13FN2S/c14-11-5-1-2-6-13(11)17-9-10-4-3-7-16-12(10)8-15/h1-7H,8-9,15H2. The van der Waals surface area contributed by atoms with E-state index in [0.717, 1.165) is 11.3 Å². The minimum atomic E-state index is -0.185. The number of thioether (sulfide) groups is 1. The normalized spacial score (nSPS) is 10.5. The van der Waals surface area contributed by atoms with Gasteiger partial charge in [-0.05, 0) is 23.8 Å². The van der Waals surface area contributed by atoms with Crippen molar-refractivity contribution in [2.24, 2.45) is 5.73 Å². The predicted octanol–water partition coefficient (Wildman–Crippen LogP) is 2.97. The van der Waals surface area contributed by atoms with Gasteiger partial charge >= 0.3 is 0 Å². The molecule has 1 aromatic heterocycles. The van der Waals surface area contributed by atoms with Gasteiger partial charge in [-0.15, -0.1) is 11.8 Å². The third kappa shape index (κ3) is 3.05. The van der Waals surface area contributed by atoms with E-state index in [-0.39, 0.29) is 5.82 Å². The van der Waals surface area contributed by atoms with E-state index in [9.17, 15) is 4.39 Å². The van der Waals surface area contributed by atoms with E-state index in [1.165, 1.54) is 17.8 Å². The SMILES string of the molecule is NCc1ncccc1CSc1ccccc1F. The predicted molar refractivity (Wildman–Crippen MR) is 68.1 cm³/mol. The minimum Gasteiger partial charge on any atom is -0.325 e. The zero-order chi connectivity index (χ0) is 12.1. The molecule has 0 atom stereocenters. The number of hydrogen-bond acceptors (Lipinski definition) is 3. The largest absolute Gasteiger partial charge is 0.325 e. The van der Waals surface area contributed by atoms with Crippen LogP contribution in [0.2, 0.25) is 0 Å². The van der Waals surface area contributed by atoms with Crippen LogP contribution in [0.5, 0.6) is 0 Å². The molecule has 2 N–H and O–H groups in total. The fraction of sp³-hybridized carbons (Fsp3) is 0.154. The van der Waals surface area contributed by atoms with Crippen LogP contribution >= 0.6 is 11.8 Å². The molecule has 0 fully saturated rings. The molecule has 0 bridgehead atoms. The molecular weight excluding hydrogens is 235 g/mol. The Hall–Kier alpha value is -1.39. The van der Waals surface area contributed by atoms with Gasteiger partial charge in [0.2, 0.25) is 0 Å². The highest BCUT2D eigenvalue weighted by Crippen LogP contribution is 2.25. The summed E-state index contributed by atoms with van der Waals surface area (Å²) in [4.78, 5) is 4.85. The highest BCUT2D eigenvalue weighted by molar-refractivity contribution is 7.98. The Labute approximate surface area is 104 Å². The second kappa shape index (κ2) is 5.80. The average molecular weight is 248 g/mol. The van der Waals surface area contributed by atoms with E-state index >= 15 is 0 Å². The second-order valence-electron chi connectivity index (χ2n) is 3.53. The maximum absolute atomic E-state index is 13.4. The summed E-state index contributed by atoms with van der Waals surface area (Å²) in [6, 6.07) is 10.6. The van der Waals surface area contributed by atoms with E-state index in [4.69, 9.17) is 5.73 Å². The Kier molecular flexibility index (Phi) is 4.12. The number of nitrogens with zero attached hydrogens (tertiary/aromatic N) is 1. The third-order valence-electron chi connectivity index (χ3n) is 2.40.